The van der Waals surface area contributed by atoms with Crippen molar-refractivity contribution in [3.05, 3.63) is 34.9 Å². The second kappa shape index (κ2) is 7.17. The third-order valence-electron chi connectivity index (χ3n) is 3.00. The van der Waals surface area contributed by atoms with Gasteiger partial charge in [0.2, 0.25) is 0 Å². The molecule has 0 saturated carbocycles. The molecule has 100 valence electrons. The molecule has 3 nitrogen and oxygen atoms in total. The van der Waals surface area contributed by atoms with E-state index in [2.05, 4.69) is 6.92 Å². The van der Waals surface area contributed by atoms with Gasteiger partial charge in [-0.25, -0.2) is 4.79 Å². The molecule has 1 atom stereocenters. The lowest BCUT2D eigenvalue weighted by Crippen LogP contribution is -2.27. The number of unbranched alkanes of at least 4 members (excludes halogenated alkanes) is 1. The minimum absolute atomic E-state index is 0.437. The van der Waals surface area contributed by atoms with Crippen molar-refractivity contribution in [1.82, 2.24) is 0 Å². The van der Waals surface area contributed by atoms with Gasteiger partial charge in [0.1, 0.15) is 0 Å². The van der Waals surface area contributed by atoms with Crippen LogP contribution in [0.5, 0.6) is 0 Å². The fourth-order valence-electron chi connectivity index (χ4n) is 1.81. The van der Waals surface area contributed by atoms with Gasteiger partial charge in [-0.05, 0) is 31.4 Å². The molecule has 0 radical (unpaired) electrons. The van der Waals surface area contributed by atoms with Gasteiger partial charge in [0.05, 0.1) is 0 Å². The van der Waals surface area contributed by atoms with Gasteiger partial charge in [-0.3, -0.25) is 0 Å². The molecule has 0 fully saturated rings. The number of hydrogen-bond acceptors (Lipinski definition) is 2. The molecular weight excluding hydrogens is 228 g/mol. The molecule has 0 spiro atoms. The van der Waals surface area contributed by atoms with Gasteiger partial charge in [-0.15, -0.1) is 0 Å². The van der Waals surface area contributed by atoms with E-state index in [1.165, 1.54) is 0 Å². The van der Waals surface area contributed by atoms with E-state index in [0.717, 1.165) is 29.5 Å². The molecule has 18 heavy (non-hydrogen) atoms. The quantitative estimate of drug-likeness (QED) is 0.756. The first-order valence-electron chi connectivity index (χ1n) is 6.45. The van der Waals surface area contributed by atoms with Crippen LogP contribution in [0.3, 0.4) is 0 Å². The van der Waals surface area contributed by atoms with E-state index in [4.69, 9.17) is 9.84 Å². The number of carboxylic acid groups (broad SMARTS) is 1. The van der Waals surface area contributed by atoms with Crippen molar-refractivity contribution in [1.29, 1.82) is 0 Å². The Labute approximate surface area is 109 Å². The van der Waals surface area contributed by atoms with Crippen LogP contribution in [-0.4, -0.2) is 23.8 Å². The molecule has 3 heteroatoms. The van der Waals surface area contributed by atoms with Gasteiger partial charge >= 0.3 is 5.97 Å². The molecule has 1 aromatic carbocycles. The third kappa shape index (κ3) is 4.49. The summed E-state index contributed by atoms with van der Waals surface area (Å²) < 4.78 is 5.44. The van der Waals surface area contributed by atoms with Crippen LogP contribution in [0.15, 0.2) is 18.2 Å². The maximum absolute atomic E-state index is 11.2. The molecule has 0 aliphatic heterocycles. The van der Waals surface area contributed by atoms with Crippen molar-refractivity contribution in [3.63, 3.8) is 0 Å². The van der Waals surface area contributed by atoms with Gasteiger partial charge in [-0.1, -0.05) is 37.1 Å². The molecule has 0 heterocycles. The average Bonchev–Trinajstić information content (AvgIpc) is 2.32. The Balaban J connectivity index is 2.70. The summed E-state index contributed by atoms with van der Waals surface area (Å²) in [5.41, 5.74) is 3.32. The van der Waals surface area contributed by atoms with E-state index in [0.29, 0.717) is 13.0 Å². The van der Waals surface area contributed by atoms with Crippen LogP contribution in [0.1, 0.15) is 36.5 Å². The third-order valence-corrected chi connectivity index (χ3v) is 3.00. The molecule has 1 N–H and O–H groups in total. The number of carbonyl (C=O) groups is 1. The number of hydrogen-bond donors (Lipinski definition) is 1. The van der Waals surface area contributed by atoms with Crippen LogP contribution < -0.4 is 0 Å². The molecule has 1 unspecified atom stereocenters. The highest BCUT2D eigenvalue weighted by atomic mass is 16.5. The van der Waals surface area contributed by atoms with E-state index in [9.17, 15) is 4.79 Å². The lowest BCUT2D eigenvalue weighted by Gasteiger charge is -2.15. The van der Waals surface area contributed by atoms with Gasteiger partial charge in [0.25, 0.3) is 0 Å². The predicted molar refractivity (Wildman–Crippen MR) is 71.9 cm³/mol. The molecule has 0 saturated heterocycles. The largest absolute Gasteiger partial charge is 0.479 e. The van der Waals surface area contributed by atoms with Crippen LogP contribution >= 0.6 is 0 Å². The minimum atomic E-state index is -0.882. The number of benzene rings is 1. The molecule has 0 aromatic heterocycles. The van der Waals surface area contributed by atoms with Crippen molar-refractivity contribution >= 4 is 5.97 Å². The van der Waals surface area contributed by atoms with Crippen molar-refractivity contribution in [2.45, 2.75) is 46.1 Å². The number of rotatable bonds is 7. The van der Waals surface area contributed by atoms with Crippen LogP contribution in [0.4, 0.5) is 0 Å². The zero-order valence-corrected chi connectivity index (χ0v) is 11.4. The number of ether oxygens (including phenoxy) is 1. The van der Waals surface area contributed by atoms with Crippen molar-refractivity contribution in [2.75, 3.05) is 6.61 Å². The van der Waals surface area contributed by atoms with Crippen LogP contribution in [0.25, 0.3) is 0 Å². The number of aliphatic carboxylic acids is 1. The van der Waals surface area contributed by atoms with Crippen LogP contribution in [0, 0.1) is 13.8 Å². The summed E-state index contributed by atoms with van der Waals surface area (Å²) in [5.74, 6) is -0.882. The molecule has 1 rings (SSSR count). The molecule has 0 bridgehead atoms. The molecule has 0 aliphatic rings. The second-order valence-corrected chi connectivity index (χ2v) is 4.69. The topological polar surface area (TPSA) is 46.5 Å². The first kappa shape index (κ1) is 14.7. The van der Waals surface area contributed by atoms with E-state index >= 15 is 0 Å². The normalized spacial score (nSPS) is 12.4. The summed E-state index contributed by atoms with van der Waals surface area (Å²) in [6, 6.07) is 6.09. The van der Waals surface area contributed by atoms with Gasteiger partial charge < -0.3 is 9.84 Å². The first-order valence-corrected chi connectivity index (χ1v) is 6.45. The fraction of sp³-hybridized carbons (Fsp3) is 0.533. The minimum Gasteiger partial charge on any atom is -0.479 e. The van der Waals surface area contributed by atoms with E-state index in [1.54, 1.807) is 0 Å². The molecule has 0 aliphatic carbocycles. The highest BCUT2D eigenvalue weighted by Gasteiger charge is 2.19. The van der Waals surface area contributed by atoms with Crippen molar-refractivity contribution in [2.24, 2.45) is 0 Å². The smallest absolute Gasteiger partial charge is 0.333 e. The monoisotopic (exact) mass is 250 g/mol. The van der Waals surface area contributed by atoms with Gasteiger partial charge in [-0.2, -0.15) is 0 Å². The predicted octanol–water partition coefficient (Wildman–Crippen LogP) is 3.12. The van der Waals surface area contributed by atoms with Crippen LogP contribution in [-0.2, 0) is 16.0 Å². The van der Waals surface area contributed by atoms with E-state index < -0.39 is 12.1 Å². The maximum atomic E-state index is 11.2. The summed E-state index contributed by atoms with van der Waals surface area (Å²) >= 11 is 0. The lowest BCUT2D eigenvalue weighted by atomic mass is 10.00. The molecule has 1 aromatic rings. The van der Waals surface area contributed by atoms with E-state index in [1.807, 2.05) is 32.0 Å². The zero-order chi connectivity index (χ0) is 13.5. The summed E-state index contributed by atoms with van der Waals surface area (Å²) in [6.45, 7) is 6.58. The lowest BCUT2D eigenvalue weighted by molar-refractivity contribution is -0.150. The zero-order valence-electron chi connectivity index (χ0n) is 11.4. The first-order chi connectivity index (χ1) is 8.54. The second-order valence-electron chi connectivity index (χ2n) is 4.69. The summed E-state index contributed by atoms with van der Waals surface area (Å²) in [4.78, 5) is 11.2. The fourth-order valence-corrected chi connectivity index (χ4v) is 1.81. The van der Waals surface area contributed by atoms with Crippen molar-refractivity contribution in [3.8, 4) is 0 Å². The Morgan fingerprint density at radius 2 is 2.11 bits per heavy atom. The molecular formula is C15H22O3. The van der Waals surface area contributed by atoms with Gasteiger partial charge in [0, 0.05) is 13.0 Å². The highest BCUT2D eigenvalue weighted by Crippen LogP contribution is 2.14. The average molecular weight is 250 g/mol. The summed E-state index contributed by atoms with van der Waals surface area (Å²) in [7, 11) is 0. The molecule has 0 amide bonds. The Kier molecular flexibility index (Phi) is 5.86. The SMILES string of the molecule is CCCCOC(Cc1cc(C)ccc1C)C(=O)O. The summed E-state index contributed by atoms with van der Waals surface area (Å²) in [6.07, 6.45) is 1.61. The maximum Gasteiger partial charge on any atom is 0.333 e. The van der Waals surface area contributed by atoms with Crippen LogP contribution in [0.2, 0.25) is 0 Å². The standard InChI is InChI=1S/C15H22O3/c1-4-5-8-18-14(15(16)17)10-13-9-11(2)6-7-12(13)3/h6-7,9,14H,4-5,8,10H2,1-3H3,(H,16,17). The number of carboxylic acids is 1. The van der Waals surface area contributed by atoms with Gasteiger partial charge in [0.15, 0.2) is 6.10 Å². The Hall–Kier alpha value is -1.35. The highest BCUT2D eigenvalue weighted by molar-refractivity contribution is 5.72. The summed E-state index contributed by atoms with van der Waals surface area (Å²) in [5, 5.41) is 9.17. The number of aryl methyl sites for hydroxylation is 2. The Bertz CT molecular complexity index is 399. The Morgan fingerprint density at radius 1 is 1.39 bits per heavy atom. The van der Waals surface area contributed by atoms with Crippen molar-refractivity contribution < 1.29 is 14.6 Å². The van der Waals surface area contributed by atoms with E-state index in [-0.39, 0.29) is 0 Å². The Morgan fingerprint density at radius 3 is 2.72 bits per heavy atom.